The van der Waals surface area contributed by atoms with Crippen molar-refractivity contribution < 1.29 is 13.2 Å². The van der Waals surface area contributed by atoms with Crippen molar-refractivity contribution in [3.8, 4) is 0 Å². The smallest absolute Gasteiger partial charge is 0.241 e. The summed E-state index contributed by atoms with van der Waals surface area (Å²) in [6, 6.07) is 14.4. The van der Waals surface area contributed by atoms with Crippen LogP contribution >= 0.6 is 0 Å². The predicted molar refractivity (Wildman–Crippen MR) is 95.5 cm³/mol. The number of Topliss-reactive ketones (excluding diaryl/α,β-unsaturated/α-hetero) is 1. The number of aryl methyl sites for hydroxylation is 1. The molecule has 1 atom stereocenters. The molecule has 0 aliphatic rings. The Hall–Kier alpha value is -2.24. The largest absolute Gasteiger partial charge is 0.292 e. The van der Waals surface area contributed by atoms with Gasteiger partial charge in [0.2, 0.25) is 10.0 Å². The van der Waals surface area contributed by atoms with Crippen LogP contribution in [0, 0.1) is 6.92 Å². The molecule has 2 aromatic carbocycles. The fourth-order valence-corrected chi connectivity index (χ4v) is 3.47. The molecular weight excluding hydrogens is 322 g/mol. The third-order valence-corrected chi connectivity index (χ3v) is 5.10. The van der Waals surface area contributed by atoms with Gasteiger partial charge in [0.15, 0.2) is 5.78 Å². The number of benzene rings is 2. The van der Waals surface area contributed by atoms with E-state index in [4.69, 9.17) is 0 Å². The number of rotatable bonds is 7. The van der Waals surface area contributed by atoms with Crippen LogP contribution in [0.5, 0.6) is 0 Å². The van der Waals surface area contributed by atoms with Crippen LogP contribution < -0.4 is 4.72 Å². The summed E-state index contributed by atoms with van der Waals surface area (Å²) in [5.41, 5.74) is 1.46. The molecule has 126 valence electrons. The lowest BCUT2D eigenvalue weighted by atomic mass is 10.0. The van der Waals surface area contributed by atoms with Gasteiger partial charge in [0, 0.05) is 5.56 Å². The van der Waals surface area contributed by atoms with Gasteiger partial charge < -0.3 is 0 Å². The van der Waals surface area contributed by atoms with E-state index in [0.717, 1.165) is 5.56 Å². The van der Waals surface area contributed by atoms with Gasteiger partial charge in [0.1, 0.15) is 0 Å². The Morgan fingerprint density at radius 2 is 1.71 bits per heavy atom. The minimum absolute atomic E-state index is 0.152. The number of nitrogens with one attached hydrogen (secondary N) is 1. The van der Waals surface area contributed by atoms with Crippen LogP contribution in [0.1, 0.15) is 29.3 Å². The molecule has 0 amide bonds. The minimum atomic E-state index is -3.76. The van der Waals surface area contributed by atoms with E-state index in [1.165, 1.54) is 12.1 Å². The second kappa shape index (κ2) is 8.04. The molecule has 0 aliphatic carbocycles. The summed E-state index contributed by atoms with van der Waals surface area (Å²) in [6.45, 7) is 3.72. The second-order valence-corrected chi connectivity index (χ2v) is 7.24. The molecular formula is C19H21NO3S. The summed E-state index contributed by atoms with van der Waals surface area (Å²) in [5.74, 6) is -0.246. The molecule has 1 N–H and O–H groups in total. The number of hydrogen-bond acceptors (Lipinski definition) is 3. The molecule has 0 saturated heterocycles. The zero-order chi connectivity index (χ0) is 17.6. The van der Waals surface area contributed by atoms with Crippen molar-refractivity contribution >= 4 is 15.8 Å². The van der Waals surface area contributed by atoms with Crippen molar-refractivity contribution in [1.82, 2.24) is 4.72 Å². The van der Waals surface area contributed by atoms with Gasteiger partial charge in [-0.25, -0.2) is 8.42 Å². The molecule has 0 heterocycles. The lowest BCUT2D eigenvalue weighted by Crippen LogP contribution is -2.40. The molecule has 5 heteroatoms. The van der Waals surface area contributed by atoms with Crippen LogP contribution in [0.3, 0.4) is 0 Å². The number of sulfonamides is 1. The first-order valence-corrected chi connectivity index (χ1v) is 9.22. The van der Waals surface area contributed by atoms with E-state index in [1.807, 2.05) is 19.9 Å². The van der Waals surface area contributed by atoms with E-state index in [-0.39, 0.29) is 10.7 Å². The van der Waals surface area contributed by atoms with E-state index in [9.17, 15) is 13.2 Å². The van der Waals surface area contributed by atoms with Crippen molar-refractivity contribution in [1.29, 1.82) is 0 Å². The van der Waals surface area contributed by atoms with Crippen LogP contribution in [-0.2, 0) is 10.0 Å². The van der Waals surface area contributed by atoms with Gasteiger partial charge in [0.05, 0.1) is 10.9 Å². The Labute approximate surface area is 143 Å². The number of carbonyl (C=O) groups is 1. The van der Waals surface area contributed by atoms with E-state index in [2.05, 4.69) is 4.72 Å². The quantitative estimate of drug-likeness (QED) is 0.618. The van der Waals surface area contributed by atoms with Crippen molar-refractivity contribution in [2.75, 3.05) is 0 Å². The number of carbonyl (C=O) groups excluding carboxylic acids is 1. The molecule has 0 saturated carbocycles. The van der Waals surface area contributed by atoms with Gasteiger partial charge in [0.25, 0.3) is 0 Å². The van der Waals surface area contributed by atoms with Gasteiger partial charge >= 0.3 is 0 Å². The third-order valence-electron chi connectivity index (χ3n) is 3.61. The molecule has 1 unspecified atom stereocenters. The molecule has 0 bridgehead atoms. The zero-order valence-electron chi connectivity index (χ0n) is 13.8. The Bertz CT molecular complexity index is 809. The van der Waals surface area contributed by atoms with E-state index < -0.39 is 16.1 Å². The molecule has 0 fully saturated rings. The lowest BCUT2D eigenvalue weighted by molar-refractivity contribution is 0.0954. The highest BCUT2D eigenvalue weighted by Crippen LogP contribution is 2.14. The zero-order valence-corrected chi connectivity index (χ0v) is 14.6. The summed E-state index contributed by atoms with van der Waals surface area (Å²) in [7, 11) is -3.76. The van der Waals surface area contributed by atoms with Gasteiger partial charge in [-0.1, -0.05) is 60.2 Å². The molecule has 24 heavy (non-hydrogen) atoms. The Kier molecular flexibility index (Phi) is 6.06. The van der Waals surface area contributed by atoms with Crippen LogP contribution in [0.2, 0.25) is 0 Å². The highest BCUT2D eigenvalue weighted by atomic mass is 32.2. The summed E-state index contributed by atoms with van der Waals surface area (Å²) in [5, 5.41) is 0. The minimum Gasteiger partial charge on any atom is -0.292 e. The normalized spacial score (nSPS) is 13.1. The maximum absolute atomic E-state index is 12.7. The van der Waals surface area contributed by atoms with E-state index >= 15 is 0 Å². The molecule has 0 radical (unpaired) electrons. The van der Waals surface area contributed by atoms with E-state index in [0.29, 0.717) is 12.0 Å². The number of hydrogen-bond donors (Lipinski definition) is 1. The molecule has 2 rings (SSSR count). The third kappa shape index (κ3) is 4.63. The summed E-state index contributed by atoms with van der Waals surface area (Å²) in [4.78, 5) is 12.8. The first-order chi connectivity index (χ1) is 11.4. The average molecular weight is 343 g/mol. The SMILES string of the molecule is C/C=C/CC(NS(=O)(=O)c1ccc(C)cc1)C(=O)c1ccccc1. The predicted octanol–water partition coefficient (Wildman–Crippen LogP) is 3.49. The fourth-order valence-electron chi connectivity index (χ4n) is 2.26. The van der Waals surface area contributed by atoms with Gasteiger partial charge in [-0.05, 0) is 32.4 Å². The van der Waals surface area contributed by atoms with Gasteiger partial charge in [-0.3, -0.25) is 4.79 Å². The number of allylic oxidation sites excluding steroid dienone is 1. The van der Waals surface area contributed by atoms with Crippen molar-refractivity contribution in [3.05, 3.63) is 77.9 Å². The van der Waals surface area contributed by atoms with Crippen LogP contribution in [-0.4, -0.2) is 20.2 Å². The van der Waals surface area contributed by atoms with Crippen LogP contribution in [0.15, 0.2) is 71.6 Å². The molecule has 0 spiro atoms. The molecule has 0 aromatic heterocycles. The fraction of sp³-hybridized carbons (Fsp3) is 0.211. The highest BCUT2D eigenvalue weighted by Gasteiger charge is 2.25. The highest BCUT2D eigenvalue weighted by molar-refractivity contribution is 7.89. The standard InChI is InChI=1S/C19H21NO3S/c1-3-4-10-18(19(21)16-8-6-5-7-9-16)20-24(22,23)17-13-11-15(2)12-14-17/h3-9,11-14,18,20H,10H2,1-2H3/b4-3+. The van der Waals surface area contributed by atoms with Crippen molar-refractivity contribution in [3.63, 3.8) is 0 Å². The maximum atomic E-state index is 12.7. The van der Waals surface area contributed by atoms with Crippen molar-refractivity contribution in [2.45, 2.75) is 31.2 Å². The first kappa shape index (κ1) is 18.1. The number of ketones is 1. The van der Waals surface area contributed by atoms with Gasteiger partial charge in [-0.15, -0.1) is 0 Å². The Balaban J connectivity index is 2.28. The lowest BCUT2D eigenvalue weighted by Gasteiger charge is -2.16. The summed E-state index contributed by atoms with van der Waals surface area (Å²) in [6.07, 6.45) is 3.88. The van der Waals surface area contributed by atoms with Gasteiger partial charge in [-0.2, -0.15) is 4.72 Å². The average Bonchev–Trinajstić information content (AvgIpc) is 2.59. The Morgan fingerprint density at radius 1 is 1.08 bits per heavy atom. The molecule has 0 aliphatic heterocycles. The molecule has 2 aromatic rings. The summed E-state index contributed by atoms with van der Waals surface area (Å²) >= 11 is 0. The second-order valence-electron chi connectivity index (χ2n) is 5.52. The summed E-state index contributed by atoms with van der Waals surface area (Å²) < 4.78 is 27.7. The first-order valence-electron chi connectivity index (χ1n) is 7.73. The maximum Gasteiger partial charge on any atom is 0.241 e. The molecule has 4 nitrogen and oxygen atoms in total. The monoisotopic (exact) mass is 343 g/mol. The Morgan fingerprint density at radius 3 is 2.29 bits per heavy atom. The van der Waals surface area contributed by atoms with E-state index in [1.54, 1.807) is 48.6 Å². The van der Waals surface area contributed by atoms with Crippen molar-refractivity contribution in [2.24, 2.45) is 0 Å². The van der Waals surface area contributed by atoms with Crippen LogP contribution in [0.4, 0.5) is 0 Å². The topological polar surface area (TPSA) is 63.2 Å². The van der Waals surface area contributed by atoms with Crippen LogP contribution in [0.25, 0.3) is 0 Å².